The van der Waals surface area contributed by atoms with E-state index in [9.17, 15) is 17.2 Å². The van der Waals surface area contributed by atoms with Gasteiger partial charge in [0.05, 0.1) is 0 Å². The summed E-state index contributed by atoms with van der Waals surface area (Å²) in [5.74, 6) is -1.30. The third kappa shape index (κ3) is 2.95. The maximum absolute atomic E-state index is 14.4. The lowest BCUT2D eigenvalue weighted by atomic mass is 10.0. The number of sulfonamides is 1. The van der Waals surface area contributed by atoms with Crippen LogP contribution in [-0.4, -0.2) is 32.9 Å². The minimum absolute atomic E-state index is 0.0617. The van der Waals surface area contributed by atoms with Crippen LogP contribution in [0.25, 0.3) is 0 Å². The van der Waals surface area contributed by atoms with Crippen molar-refractivity contribution in [2.45, 2.75) is 25.3 Å². The van der Waals surface area contributed by atoms with E-state index in [4.69, 9.17) is 0 Å². The van der Waals surface area contributed by atoms with Crippen LogP contribution in [0.5, 0.6) is 0 Å². The first-order valence-electron chi connectivity index (χ1n) is 6.90. The molecule has 118 valence electrons. The molecule has 0 amide bonds. The fraction of sp³-hybridized carbons (Fsp3) is 0.571. The lowest BCUT2D eigenvalue weighted by Gasteiger charge is -2.18. The first-order valence-corrected chi connectivity index (χ1v) is 8.34. The molecule has 2 atom stereocenters. The summed E-state index contributed by atoms with van der Waals surface area (Å²) in [4.78, 5) is -0.449. The van der Waals surface area contributed by atoms with Gasteiger partial charge in [-0.1, -0.05) is 13.8 Å². The first-order chi connectivity index (χ1) is 9.78. The Morgan fingerprint density at radius 1 is 1.24 bits per heavy atom. The largest absolute Gasteiger partial charge is 0.315 e. The Morgan fingerprint density at radius 2 is 1.81 bits per heavy atom. The molecule has 0 bridgehead atoms. The highest BCUT2D eigenvalue weighted by Crippen LogP contribution is 2.30. The Balaban J connectivity index is 2.44. The van der Waals surface area contributed by atoms with Crippen LogP contribution in [0.3, 0.4) is 0 Å². The maximum atomic E-state index is 14.4. The van der Waals surface area contributed by atoms with Gasteiger partial charge in [0.15, 0.2) is 5.82 Å². The number of nitrogens with zero attached hydrogens (tertiary/aromatic N) is 1. The molecule has 0 saturated carbocycles. The molecule has 1 aromatic carbocycles. The monoisotopic (exact) mass is 318 g/mol. The molecule has 1 aliphatic heterocycles. The number of rotatable bonds is 4. The maximum Gasteiger partial charge on any atom is 0.246 e. The summed E-state index contributed by atoms with van der Waals surface area (Å²) in [6, 6.07) is 2.01. The lowest BCUT2D eigenvalue weighted by molar-refractivity contribution is 0.453. The smallest absolute Gasteiger partial charge is 0.246 e. The minimum Gasteiger partial charge on any atom is -0.315 e. The Kier molecular flexibility index (Phi) is 4.65. The SMILES string of the molecule is CNCc1c(F)ccc(S(=O)(=O)N2CC(C)C(C)C2)c1F. The molecule has 7 heteroatoms. The highest BCUT2D eigenvalue weighted by molar-refractivity contribution is 7.89. The number of hydrogen-bond acceptors (Lipinski definition) is 3. The van der Waals surface area contributed by atoms with Crippen molar-refractivity contribution in [3.05, 3.63) is 29.3 Å². The van der Waals surface area contributed by atoms with E-state index in [-0.39, 0.29) is 23.9 Å². The average molecular weight is 318 g/mol. The standard InChI is InChI=1S/C14H20F2N2O2S/c1-9-7-18(8-10(9)2)21(19,20)13-5-4-12(15)11(6-17-3)14(13)16/h4-5,9-10,17H,6-8H2,1-3H3. The molecule has 1 aliphatic rings. The zero-order valence-corrected chi connectivity index (χ0v) is 13.2. The molecule has 1 N–H and O–H groups in total. The summed E-state index contributed by atoms with van der Waals surface area (Å²) < 4.78 is 54.4. The van der Waals surface area contributed by atoms with Crippen molar-refractivity contribution in [1.29, 1.82) is 0 Å². The number of hydrogen-bond donors (Lipinski definition) is 1. The van der Waals surface area contributed by atoms with E-state index in [0.29, 0.717) is 13.1 Å². The van der Waals surface area contributed by atoms with Crippen LogP contribution in [0.15, 0.2) is 17.0 Å². The summed E-state index contributed by atoms with van der Waals surface area (Å²) in [7, 11) is -2.38. The van der Waals surface area contributed by atoms with Crippen LogP contribution in [-0.2, 0) is 16.6 Å². The zero-order chi connectivity index (χ0) is 15.8. The molecular formula is C14H20F2N2O2S. The van der Waals surface area contributed by atoms with E-state index < -0.39 is 26.6 Å². The molecule has 1 saturated heterocycles. The molecule has 0 spiro atoms. The van der Waals surface area contributed by atoms with E-state index in [1.807, 2.05) is 13.8 Å². The van der Waals surface area contributed by atoms with Crippen molar-refractivity contribution in [2.24, 2.45) is 11.8 Å². The van der Waals surface area contributed by atoms with E-state index in [1.54, 1.807) is 7.05 Å². The average Bonchev–Trinajstić information content (AvgIpc) is 2.75. The van der Waals surface area contributed by atoms with Gasteiger partial charge in [0.1, 0.15) is 10.7 Å². The Hall–Kier alpha value is -1.05. The Bertz CT molecular complexity index is 624. The van der Waals surface area contributed by atoms with Crippen LogP contribution in [0.1, 0.15) is 19.4 Å². The zero-order valence-electron chi connectivity index (χ0n) is 12.4. The first kappa shape index (κ1) is 16.3. The summed E-state index contributed by atoms with van der Waals surface area (Å²) in [6.45, 7) is 4.60. The predicted octanol–water partition coefficient (Wildman–Crippen LogP) is 1.96. The quantitative estimate of drug-likeness (QED) is 0.923. The summed E-state index contributed by atoms with van der Waals surface area (Å²) in [5, 5.41) is 2.64. The minimum atomic E-state index is -3.93. The van der Waals surface area contributed by atoms with Crippen molar-refractivity contribution < 1.29 is 17.2 Å². The fourth-order valence-electron chi connectivity index (χ4n) is 2.53. The van der Waals surface area contributed by atoms with Crippen molar-refractivity contribution in [3.63, 3.8) is 0 Å². The van der Waals surface area contributed by atoms with Crippen molar-refractivity contribution in [1.82, 2.24) is 9.62 Å². The molecule has 1 heterocycles. The van der Waals surface area contributed by atoms with Gasteiger partial charge in [-0.15, -0.1) is 0 Å². The number of benzene rings is 1. The highest BCUT2D eigenvalue weighted by atomic mass is 32.2. The van der Waals surface area contributed by atoms with Gasteiger partial charge in [-0.2, -0.15) is 4.31 Å². The van der Waals surface area contributed by atoms with Gasteiger partial charge in [-0.25, -0.2) is 17.2 Å². The van der Waals surface area contributed by atoms with Crippen LogP contribution >= 0.6 is 0 Å². The molecule has 2 unspecified atom stereocenters. The molecule has 1 aromatic rings. The topological polar surface area (TPSA) is 49.4 Å². The van der Waals surface area contributed by atoms with Gasteiger partial charge in [-0.05, 0) is 31.0 Å². The Morgan fingerprint density at radius 3 is 2.33 bits per heavy atom. The molecule has 2 rings (SSSR count). The van der Waals surface area contributed by atoms with Gasteiger partial charge < -0.3 is 5.32 Å². The molecule has 0 radical (unpaired) electrons. The number of nitrogens with one attached hydrogen (secondary N) is 1. The molecule has 0 aromatic heterocycles. The van der Waals surface area contributed by atoms with Crippen LogP contribution in [0.4, 0.5) is 8.78 Å². The van der Waals surface area contributed by atoms with Crippen LogP contribution in [0, 0.1) is 23.5 Å². The summed E-state index contributed by atoms with van der Waals surface area (Å²) in [5.41, 5.74) is -0.251. The van der Waals surface area contributed by atoms with Gasteiger partial charge in [0.2, 0.25) is 10.0 Å². The predicted molar refractivity (Wildman–Crippen MR) is 76.2 cm³/mol. The van der Waals surface area contributed by atoms with Gasteiger partial charge >= 0.3 is 0 Å². The third-order valence-corrected chi connectivity index (χ3v) is 5.93. The summed E-state index contributed by atoms with van der Waals surface area (Å²) in [6.07, 6.45) is 0. The molecule has 21 heavy (non-hydrogen) atoms. The van der Waals surface area contributed by atoms with E-state index in [1.165, 1.54) is 4.31 Å². The second kappa shape index (κ2) is 5.98. The second-order valence-electron chi connectivity index (χ2n) is 5.64. The highest BCUT2D eigenvalue weighted by Gasteiger charge is 2.37. The summed E-state index contributed by atoms with van der Waals surface area (Å²) >= 11 is 0. The molecule has 0 aliphatic carbocycles. The van der Waals surface area contributed by atoms with Crippen molar-refractivity contribution in [2.75, 3.05) is 20.1 Å². The van der Waals surface area contributed by atoms with Crippen molar-refractivity contribution >= 4 is 10.0 Å². The van der Waals surface area contributed by atoms with Crippen LogP contribution in [0.2, 0.25) is 0 Å². The second-order valence-corrected chi connectivity index (χ2v) is 7.55. The van der Waals surface area contributed by atoms with Crippen molar-refractivity contribution in [3.8, 4) is 0 Å². The number of halogens is 2. The van der Waals surface area contributed by atoms with Gasteiger partial charge in [0, 0.05) is 25.2 Å². The van der Waals surface area contributed by atoms with Gasteiger partial charge in [0.25, 0.3) is 0 Å². The Labute approximate surface area is 124 Å². The van der Waals surface area contributed by atoms with E-state index in [2.05, 4.69) is 5.32 Å². The van der Waals surface area contributed by atoms with E-state index in [0.717, 1.165) is 12.1 Å². The molecular weight excluding hydrogens is 298 g/mol. The lowest BCUT2D eigenvalue weighted by Crippen LogP contribution is -2.30. The third-order valence-electron chi connectivity index (χ3n) is 4.08. The van der Waals surface area contributed by atoms with Gasteiger partial charge in [-0.3, -0.25) is 0 Å². The van der Waals surface area contributed by atoms with E-state index >= 15 is 0 Å². The fourth-order valence-corrected chi connectivity index (χ4v) is 4.26. The normalized spacial score (nSPS) is 23.7. The molecule has 4 nitrogen and oxygen atoms in total. The van der Waals surface area contributed by atoms with Crippen LogP contribution < -0.4 is 5.32 Å². The molecule has 1 fully saturated rings.